The van der Waals surface area contributed by atoms with Crippen molar-refractivity contribution in [3.63, 3.8) is 0 Å². The van der Waals surface area contributed by atoms with Gasteiger partial charge in [0, 0.05) is 24.9 Å². The topological polar surface area (TPSA) is 34.1 Å². The molecule has 2 aromatic rings. The Hall–Kier alpha value is -1.65. The van der Waals surface area contributed by atoms with Gasteiger partial charge in [-0.1, -0.05) is 24.6 Å². The van der Waals surface area contributed by atoms with Gasteiger partial charge >= 0.3 is 0 Å². The van der Waals surface area contributed by atoms with E-state index >= 15 is 0 Å². The number of hydrogen-bond acceptors (Lipinski definition) is 3. The molecule has 0 aliphatic heterocycles. The zero-order valence-corrected chi connectivity index (χ0v) is 12.9. The number of ether oxygens (including phenoxy) is 1. The highest BCUT2D eigenvalue weighted by Crippen LogP contribution is 2.27. The van der Waals surface area contributed by atoms with Gasteiger partial charge in [-0.15, -0.1) is 0 Å². The Labute approximate surface area is 129 Å². The van der Waals surface area contributed by atoms with E-state index in [0.717, 1.165) is 24.1 Å². The highest BCUT2D eigenvalue weighted by Gasteiger charge is 2.08. The third-order valence-electron chi connectivity index (χ3n) is 3.02. The standard InChI is InChI=1S/C16H18ClFN2O/c1-3-6-19-9-12-7-16(20-10-14(12)17)21-15-8-13(18)5-4-11(15)2/h4-5,7-8,10,19H,3,6,9H2,1-2H3. The minimum atomic E-state index is -0.339. The third kappa shape index (κ3) is 4.41. The fraction of sp³-hybridized carbons (Fsp3) is 0.312. The predicted molar refractivity (Wildman–Crippen MR) is 82.5 cm³/mol. The maximum atomic E-state index is 13.3. The van der Waals surface area contributed by atoms with Gasteiger partial charge in [-0.2, -0.15) is 0 Å². The number of hydrogen-bond donors (Lipinski definition) is 1. The van der Waals surface area contributed by atoms with Crippen LogP contribution in [0.3, 0.4) is 0 Å². The largest absolute Gasteiger partial charge is 0.439 e. The second kappa shape index (κ2) is 7.38. The normalized spacial score (nSPS) is 10.7. The van der Waals surface area contributed by atoms with Crippen molar-refractivity contribution < 1.29 is 9.13 Å². The van der Waals surface area contributed by atoms with Gasteiger partial charge in [0.15, 0.2) is 0 Å². The van der Waals surface area contributed by atoms with Crippen LogP contribution >= 0.6 is 11.6 Å². The molecule has 5 heteroatoms. The van der Waals surface area contributed by atoms with Crippen LogP contribution in [0, 0.1) is 12.7 Å². The lowest BCUT2D eigenvalue weighted by atomic mass is 10.2. The fourth-order valence-corrected chi connectivity index (χ4v) is 2.02. The Kier molecular flexibility index (Phi) is 5.53. The Morgan fingerprint density at radius 1 is 1.33 bits per heavy atom. The van der Waals surface area contributed by atoms with Crippen LogP contribution in [0.4, 0.5) is 4.39 Å². The van der Waals surface area contributed by atoms with Crippen LogP contribution in [0.1, 0.15) is 24.5 Å². The second-order valence-corrected chi connectivity index (χ2v) is 5.21. The molecule has 3 nitrogen and oxygen atoms in total. The van der Waals surface area contributed by atoms with Crippen LogP contribution < -0.4 is 10.1 Å². The van der Waals surface area contributed by atoms with Crippen LogP contribution in [0.15, 0.2) is 30.5 Å². The van der Waals surface area contributed by atoms with Crippen LogP contribution in [0.2, 0.25) is 5.02 Å². The first-order valence-corrected chi connectivity index (χ1v) is 7.27. The van der Waals surface area contributed by atoms with E-state index in [1.54, 1.807) is 18.3 Å². The van der Waals surface area contributed by atoms with Gasteiger partial charge in [0.2, 0.25) is 5.88 Å². The second-order valence-electron chi connectivity index (χ2n) is 4.80. The Balaban J connectivity index is 2.16. The molecule has 0 fully saturated rings. The molecule has 0 aliphatic carbocycles. The average Bonchev–Trinajstić information content (AvgIpc) is 2.46. The first-order chi connectivity index (χ1) is 10.1. The zero-order chi connectivity index (χ0) is 15.2. The smallest absolute Gasteiger partial charge is 0.219 e. The van der Waals surface area contributed by atoms with E-state index in [2.05, 4.69) is 17.2 Å². The summed E-state index contributed by atoms with van der Waals surface area (Å²) in [5.74, 6) is 0.521. The summed E-state index contributed by atoms with van der Waals surface area (Å²) in [5, 5.41) is 3.86. The maximum Gasteiger partial charge on any atom is 0.219 e. The third-order valence-corrected chi connectivity index (χ3v) is 3.36. The highest BCUT2D eigenvalue weighted by molar-refractivity contribution is 6.31. The highest BCUT2D eigenvalue weighted by atomic mass is 35.5. The molecular formula is C16H18ClFN2O. The molecule has 112 valence electrons. The van der Waals surface area contributed by atoms with Gasteiger partial charge in [-0.25, -0.2) is 9.37 Å². The Bertz CT molecular complexity index is 619. The number of nitrogens with one attached hydrogen (secondary N) is 1. The van der Waals surface area contributed by atoms with Crippen molar-refractivity contribution in [1.82, 2.24) is 10.3 Å². The quantitative estimate of drug-likeness (QED) is 0.799. The summed E-state index contributed by atoms with van der Waals surface area (Å²) < 4.78 is 18.9. The summed E-state index contributed by atoms with van der Waals surface area (Å²) in [5.41, 5.74) is 1.75. The molecule has 21 heavy (non-hydrogen) atoms. The van der Waals surface area contributed by atoms with Gasteiger partial charge in [0.05, 0.1) is 5.02 Å². The molecule has 0 spiro atoms. The van der Waals surface area contributed by atoms with Gasteiger partial charge in [-0.05, 0) is 37.1 Å². The zero-order valence-electron chi connectivity index (χ0n) is 12.1. The Morgan fingerprint density at radius 3 is 2.90 bits per heavy atom. The molecule has 1 aromatic heterocycles. The lowest BCUT2D eigenvalue weighted by molar-refractivity contribution is 0.453. The van der Waals surface area contributed by atoms with Crippen LogP contribution in [-0.2, 0) is 6.54 Å². The molecule has 0 amide bonds. The molecule has 1 N–H and O–H groups in total. The molecule has 0 radical (unpaired) electrons. The summed E-state index contributed by atoms with van der Waals surface area (Å²) in [6.45, 7) is 5.52. The Morgan fingerprint density at radius 2 is 2.14 bits per heavy atom. The monoisotopic (exact) mass is 308 g/mol. The lowest BCUT2D eigenvalue weighted by Gasteiger charge is -2.10. The van der Waals surface area contributed by atoms with Crippen molar-refractivity contribution in [2.24, 2.45) is 0 Å². The number of aryl methyl sites for hydroxylation is 1. The van der Waals surface area contributed by atoms with Crippen molar-refractivity contribution in [1.29, 1.82) is 0 Å². The van der Waals surface area contributed by atoms with E-state index in [4.69, 9.17) is 16.3 Å². The minimum Gasteiger partial charge on any atom is -0.439 e. The molecule has 0 bridgehead atoms. The van der Waals surface area contributed by atoms with E-state index in [1.807, 2.05) is 6.92 Å². The number of pyridine rings is 1. The van der Waals surface area contributed by atoms with Crippen LogP contribution in [0.5, 0.6) is 11.6 Å². The van der Waals surface area contributed by atoms with Crippen LogP contribution in [-0.4, -0.2) is 11.5 Å². The maximum absolute atomic E-state index is 13.3. The number of aromatic nitrogens is 1. The van der Waals surface area contributed by atoms with Crippen molar-refractivity contribution in [2.45, 2.75) is 26.8 Å². The summed E-state index contributed by atoms with van der Waals surface area (Å²) in [6.07, 6.45) is 2.60. The summed E-state index contributed by atoms with van der Waals surface area (Å²) in [6, 6.07) is 6.19. The van der Waals surface area contributed by atoms with Crippen molar-refractivity contribution in [2.75, 3.05) is 6.54 Å². The predicted octanol–water partition coefficient (Wildman–Crippen LogP) is 4.47. The van der Waals surface area contributed by atoms with E-state index in [9.17, 15) is 4.39 Å². The number of benzene rings is 1. The summed E-state index contributed by atoms with van der Waals surface area (Å²) in [4.78, 5) is 4.13. The van der Waals surface area contributed by atoms with E-state index < -0.39 is 0 Å². The first-order valence-electron chi connectivity index (χ1n) is 6.89. The SMILES string of the molecule is CCCNCc1cc(Oc2cc(F)ccc2C)ncc1Cl. The van der Waals surface area contributed by atoms with E-state index in [0.29, 0.717) is 23.2 Å². The van der Waals surface area contributed by atoms with Crippen molar-refractivity contribution >= 4 is 11.6 Å². The summed E-state index contributed by atoms with van der Waals surface area (Å²) in [7, 11) is 0. The fourth-order valence-electron chi connectivity index (χ4n) is 1.85. The molecule has 1 aromatic carbocycles. The summed E-state index contributed by atoms with van der Waals surface area (Å²) >= 11 is 6.12. The van der Waals surface area contributed by atoms with E-state index in [1.165, 1.54) is 12.1 Å². The minimum absolute atomic E-state index is 0.339. The van der Waals surface area contributed by atoms with Crippen molar-refractivity contribution in [3.8, 4) is 11.6 Å². The number of halogens is 2. The van der Waals surface area contributed by atoms with Crippen molar-refractivity contribution in [3.05, 3.63) is 52.4 Å². The van der Waals surface area contributed by atoms with Gasteiger partial charge in [0.25, 0.3) is 0 Å². The first kappa shape index (κ1) is 15.7. The van der Waals surface area contributed by atoms with E-state index in [-0.39, 0.29) is 5.82 Å². The van der Waals surface area contributed by atoms with Gasteiger partial charge < -0.3 is 10.1 Å². The molecular weight excluding hydrogens is 291 g/mol. The molecule has 1 heterocycles. The molecule has 0 saturated carbocycles. The molecule has 2 rings (SSSR count). The van der Waals surface area contributed by atoms with Gasteiger partial charge in [-0.3, -0.25) is 0 Å². The average molecular weight is 309 g/mol. The molecule has 0 saturated heterocycles. The molecule has 0 aliphatic rings. The van der Waals surface area contributed by atoms with Gasteiger partial charge in [0.1, 0.15) is 11.6 Å². The number of rotatable bonds is 6. The number of nitrogens with zero attached hydrogens (tertiary/aromatic N) is 1. The lowest BCUT2D eigenvalue weighted by Crippen LogP contribution is -2.14. The molecule has 0 atom stereocenters. The molecule has 0 unspecified atom stereocenters. The van der Waals surface area contributed by atoms with Crippen LogP contribution in [0.25, 0.3) is 0 Å².